The predicted octanol–water partition coefficient (Wildman–Crippen LogP) is 3.49. The molecule has 134 valence electrons. The van der Waals surface area contributed by atoms with Gasteiger partial charge in [-0.2, -0.15) is 0 Å². The van der Waals surface area contributed by atoms with Gasteiger partial charge in [-0.3, -0.25) is 4.99 Å². The maximum atomic E-state index is 6.00. The highest BCUT2D eigenvalue weighted by atomic mass is 35.5. The van der Waals surface area contributed by atoms with Gasteiger partial charge in [0.15, 0.2) is 17.3 Å². The van der Waals surface area contributed by atoms with Crippen molar-refractivity contribution in [2.24, 2.45) is 9.98 Å². The molecular formula is C18H23ClN4O2. The summed E-state index contributed by atoms with van der Waals surface area (Å²) in [5.74, 6) is 1.73. The molecule has 0 unspecified atom stereocenters. The fourth-order valence-electron chi connectivity index (χ4n) is 2.32. The number of halogens is 1. The molecule has 0 aromatic heterocycles. The van der Waals surface area contributed by atoms with Crippen LogP contribution in [-0.2, 0) is 0 Å². The van der Waals surface area contributed by atoms with Crippen LogP contribution >= 0.6 is 11.6 Å². The minimum Gasteiger partial charge on any atom is -0.493 e. The van der Waals surface area contributed by atoms with Gasteiger partial charge in [0.25, 0.3) is 0 Å². The summed E-state index contributed by atoms with van der Waals surface area (Å²) in [7, 11) is 5.67. The van der Waals surface area contributed by atoms with Gasteiger partial charge in [0.05, 0.1) is 24.4 Å². The second-order valence-electron chi connectivity index (χ2n) is 5.74. The molecule has 0 bridgehead atoms. The molecule has 1 heterocycles. The molecule has 0 atom stereocenters. The zero-order chi connectivity index (χ0) is 18.4. The quantitative estimate of drug-likeness (QED) is 0.568. The summed E-state index contributed by atoms with van der Waals surface area (Å²) in [6.45, 7) is 8.81. The lowest BCUT2D eigenvalue weighted by Crippen LogP contribution is -2.15. The molecule has 0 spiro atoms. The molecule has 0 saturated heterocycles. The van der Waals surface area contributed by atoms with Gasteiger partial charge < -0.3 is 19.7 Å². The summed E-state index contributed by atoms with van der Waals surface area (Å²) in [6, 6.07) is 3.72. The molecule has 1 aliphatic rings. The third-order valence-electron chi connectivity index (χ3n) is 3.57. The van der Waals surface area contributed by atoms with E-state index in [9.17, 15) is 0 Å². The Kier molecular flexibility index (Phi) is 6.61. The number of methoxy groups -OCH3 is 1. The van der Waals surface area contributed by atoms with E-state index >= 15 is 0 Å². The number of aliphatic imine (C=N–C) groups is 2. The van der Waals surface area contributed by atoms with Crippen LogP contribution in [0, 0.1) is 0 Å². The number of hydrogen-bond acceptors (Lipinski definition) is 6. The number of allylic oxidation sites excluding steroid dienone is 1. The highest BCUT2D eigenvalue weighted by Crippen LogP contribution is 2.35. The Bertz CT molecular complexity index is 726. The Balaban J connectivity index is 2.29. The summed E-state index contributed by atoms with van der Waals surface area (Å²) >= 11 is 6.00. The van der Waals surface area contributed by atoms with E-state index in [1.54, 1.807) is 13.3 Å². The number of rotatable bonds is 8. The molecule has 7 heteroatoms. The fourth-order valence-corrected chi connectivity index (χ4v) is 2.46. The Hall–Kier alpha value is -2.31. The smallest absolute Gasteiger partial charge is 0.163 e. The number of nitrogens with one attached hydrogen (secondary N) is 1. The molecule has 1 aromatic rings. The maximum absolute atomic E-state index is 6.00. The third kappa shape index (κ3) is 4.84. The monoisotopic (exact) mass is 362 g/mol. The highest BCUT2D eigenvalue weighted by Gasteiger charge is 2.17. The number of ether oxygens (including phenoxy) is 2. The molecule has 1 aliphatic heterocycles. The number of benzene rings is 1. The van der Waals surface area contributed by atoms with Crippen LogP contribution in [-0.4, -0.2) is 52.2 Å². The fraction of sp³-hybridized carbons (Fsp3) is 0.333. The number of fused-ring (bicyclic) bond motifs is 1. The van der Waals surface area contributed by atoms with Crippen LogP contribution < -0.4 is 14.8 Å². The SMILES string of the molecule is C=NC1=C(C(=C)Cl)N=Cc2cc(OC)c(OCCCN(C)C)cc2N1. The van der Waals surface area contributed by atoms with Gasteiger partial charge in [-0.05, 0) is 33.3 Å². The molecule has 1 N–H and O–H groups in total. The Morgan fingerprint density at radius 3 is 2.72 bits per heavy atom. The summed E-state index contributed by atoms with van der Waals surface area (Å²) in [6.07, 6.45) is 2.60. The van der Waals surface area contributed by atoms with Gasteiger partial charge in [-0.25, -0.2) is 4.99 Å². The van der Waals surface area contributed by atoms with Crippen molar-refractivity contribution in [3.63, 3.8) is 0 Å². The average Bonchev–Trinajstić information content (AvgIpc) is 2.76. The first kappa shape index (κ1) is 19.0. The van der Waals surface area contributed by atoms with Crippen molar-refractivity contribution in [2.45, 2.75) is 6.42 Å². The number of hydrogen-bond donors (Lipinski definition) is 1. The second-order valence-corrected chi connectivity index (χ2v) is 6.20. The maximum Gasteiger partial charge on any atom is 0.163 e. The molecule has 6 nitrogen and oxygen atoms in total. The Morgan fingerprint density at radius 1 is 1.36 bits per heavy atom. The first-order valence-corrected chi connectivity index (χ1v) is 8.20. The van der Waals surface area contributed by atoms with Crippen molar-refractivity contribution < 1.29 is 9.47 Å². The summed E-state index contributed by atoms with van der Waals surface area (Å²) in [5, 5.41) is 3.46. The van der Waals surface area contributed by atoms with Gasteiger partial charge in [0.2, 0.25) is 0 Å². The van der Waals surface area contributed by atoms with Crippen molar-refractivity contribution in [3.8, 4) is 11.5 Å². The molecule has 0 saturated carbocycles. The van der Waals surface area contributed by atoms with Crippen LogP contribution in [0.2, 0.25) is 0 Å². The van der Waals surface area contributed by atoms with Gasteiger partial charge in [-0.15, -0.1) is 0 Å². The Morgan fingerprint density at radius 2 is 2.12 bits per heavy atom. The largest absolute Gasteiger partial charge is 0.493 e. The normalized spacial score (nSPS) is 13.2. The van der Waals surface area contributed by atoms with Crippen molar-refractivity contribution in [1.29, 1.82) is 0 Å². The van der Waals surface area contributed by atoms with Gasteiger partial charge >= 0.3 is 0 Å². The third-order valence-corrected chi connectivity index (χ3v) is 3.75. The van der Waals surface area contributed by atoms with E-state index < -0.39 is 0 Å². The van der Waals surface area contributed by atoms with Crippen LogP contribution in [0.4, 0.5) is 5.69 Å². The first-order chi connectivity index (χ1) is 12.0. The molecule has 1 aromatic carbocycles. The zero-order valence-corrected chi connectivity index (χ0v) is 15.6. The molecule has 0 amide bonds. The summed E-state index contributed by atoms with van der Waals surface area (Å²) < 4.78 is 11.3. The van der Waals surface area contributed by atoms with Crippen molar-refractivity contribution in [3.05, 3.63) is 40.8 Å². The average molecular weight is 363 g/mol. The Labute approximate surface area is 153 Å². The second kappa shape index (κ2) is 8.69. The molecule has 0 aliphatic carbocycles. The standard InChI is InChI=1S/C18H23ClN4O2/c1-12(19)17-18(20-2)22-14-10-16(25-8-6-7-23(3)4)15(24-5)9-13(14)11-21-17/h9-11,22H,1-2,6-8H2,3-5H3. The van der Waals surface area contributed by atoms with Crippen molar-refractivity contribution in [2.75, 3.05) is 39.7 Å². The number of anilines is 1. The van der Waals surface area contributed by atoms with E-state index in [0.29, 0.717) is 29.6 Å². The topological polar surface area (TPSA) is 58.5 Å². The van der Waals surface area contributed by atoms with E-state index in [0.717, 1.165) is 24.2 Å². The summed E-state index contributed by atoms with van der Waals surface area (Å²) in [5.41, 5.74) is 2.05. The van der Waals surface area contributed by atoms with E-state index in [-0.39, 0.29) is 5.03 Å². The molecular weight excluding hydrogens is 340 g/mol. The lowest BCUT2D eigenvalue weighted by Gasteiger charge is -2.16. The van der Waals surface area contributed by atoms with Gasteiger partial charge in [-0.1, -0.05) is 18.2 Å². The summed E-state index contributed by atoms with van der Waals surface area (Å²) in [4.78, 5) is 10.4. The van der Waals surface area contributed by atoms with Crippen LogP contribution in [0.3, 0.4) is 0 Å². The molecule has 0 radical (unpaired) electrons. The highest BCUT2D eigenvalue weighted by molar-refractivity contribution is 6.31. The van der Waals surface area contributed by atoms with Crippen molar-refractivity contribution in [1.82, 2.24) is 4.90 Å². The van der Waals surface area contributed by atoms with Crippen LogP contribution in [0.15, 0.2) is 45.2 Å². The van der Waals surface area contributed by atoms with Crippen LogP contribution in [0.5, 0.6) is 11.5 Å². The lowest BCUT2D eigenvalue weighted by molar-refractivity contribution is 0.268. The van der Waals surface area contributed by atoms with E-state index in [2.05, 4.69) is 33.5 Å². The van der Waals surface area contributed by atoms with Gasteiger partial charge in [0.1, 0.15) is 5.70 Å². The molecule has 0 fully saturated rings. The predicted molar refractivity (Wildman–Crippen MR) is 104 cm³/mol. The van der Waals surface area contributed by atoms with Crippen LogP contribution in [0.25, 0.3) is 0 Å². The minimum absolute atomic E-state index is 0.283. The first-order valence-electron chi connectivity index (χ1n) is 7.82. The van der Waals surface area contributed by atoms with Crippen LogP contribution in [0.1, 0.15) is 12.0 Å². The molecule has 25 heavy (non-hydrogen) atoms. The van der Waals surface area contributed by atoms with Crippen molar-refractivity contribution >= 4 is 30.2 Å². The van der Waals surface area contributed by atoms with E-state index in [4.69, 9.17) is 21.1 Å². The number of nitrogens with zero attached hydrogens (tertiary/aromatic N) is 3. The minimum atomic E-state index is 0.283. The van der Waals surface area contributed by atoms with Gasteiger partial charge in [0, 0.05) is 24.4 Å². The molecule has 2 rings (SSSR count). The van der Waals surface area contributed by atoms with E-state index in [1.165, 1.54) is 0 Å². The zero-order valence-electron chi connectivity index (χ0n) is 14.8. The van der Waals surface area contributed by atoms with E-state index in [1.807, 2.05) is 26.2 Å². The lowest BCUT2D eigenvalue weighted by atomic mass is 10.1.